The summed E-state index contributed by atoms with van der Waals surface area (Å²) >= 11 is 0. The largest absolute Gasteiger partial charge is 0.434 e. The van der Waals surface area contributed by atoms with Crippen molar-refractivity contribution in [2.24, 2.45) is 0 Å². The van der Waals surface area contributed by atoms with E-state index in [-0.39, 0.29) is 17.2 Å². The zero-order valence-corrected chi connectivity index (χ0v) is 15.4. The zero-order chi connectivity index (χ0) is 20.8. The van der Waals surface area contributed by atoms with E-state index < -0.39 is 18.6 Å². The zero-order valence-electron chi connectivity index (χ0n) is 15.4. The lowest BCUT2D eigenvalue weighted by atomic mass is 10.1. The Hall–Kier alpha value is -3.75. The van der Waals surface area contributed by atoms with Crippen molar-refractivity contribution in [3.63, 3.8) is 0 Å². The Balaban J connectivity index is 1.70. The molecule has 150 valence electrons. The Labute approximate surface area is 165 Å². The van der Waals surface area contributed by atoms with Crippen LogP contribution in [0.1, 0.15) is 23.3 Å². The van der Waals surface area contributed by atoms with Crippen LogP contribution in [0.15, 0.2) is 67.0 Å². The number of hydrogen-bond donors (Lipinski definition) is 2. The maximum absolute atomic E-state index is 12.5. The molecule has 3 rings (SSSR count). The van der Waals surface area contributed by atoms with Crippen molar-refractivity contribution >= 4 is 23.2 Å². The summed E-state index contributed by atoms with van der Waals surface area (Å²) in [6.45, 7) is -1.34. The third kappa shape index (κ3) is 5.16. The first-order chi connectivity index (χ1) is 13.9. The van der Waals surface area contributed by atoms with Crippen LogP contribution in [0.3, 0.4) is 0 Å². The first-order valence-electron chi connectivity index (χ1n) is 8.69. The van der Waals surface area contributed by atoms with Gasteiger partial charge in [-0.3, -0.25) is 14.3 Å². The quantitative estimate of drug-likeness (QED) is 0.629. The maximum atomic E-state index is 12.5. The number of anilines is 2. The van der Waals surface area contributed by atoms with E-state index >= 15 is 0 Å². The molecule has 0 saturated heterocycles. The SMILES string of the molecule is C[C@H](C(=O)Nc1cccc(NC(=O)c2ccccc2OC(F)F)c1)n1cccn1. The molecule has 0 aliphatic carbocycles. The standard InChI is InChI=1S/C20H18F2N4O3/c1-13(26-11-5-10-23-26)18(27)24-14-6-4-7-15(12-14)25-19(28)16-8-2-3-9-17(16)29-20(21)22/h2-13,20H,1H3,(H,24,27)(H,25,28)/t13-/m1/s1. The number of amides is 2. The van der Waals surface area contributed by atoms with Crippen LogP contribution in [0.5, 0.6) is 5.75 Å². The van der Waals surface area contributed by atoms with Crippen molar-refractivity contribution in [2.45, 2.75) is 19.6 Å². The molecular weight excluding hydrogens is 382 g/mol. The second kappa shape index (κ2) is 8.96. The van der Waals surface area contributed by atoms with Crippen LogP contribution < -0.4 is 15.4 Å². The molecule has 1 heterocycles. The van der Waals surface area contributed by atoms with Crippen molar-refractivity contribution in [2.75, 3.05) is 10.6 Å². The van der Waals surface area contributed by atoms with Crippen LogP contribution in [0.2, 0.25) is 0 Å². The van der Waals surface area contributed by atoms with Crippen LogP contribution >= 0.6 is 0 Å². The molecule has 0 bridgehead atoms. The van der Waals surface area contributed by atoms with Crippen LogP contribution in [0.25, 0.3) is 0 Å². The fourth-order valence-corrected chi connectivity index (χ4v) is 2.60. The summed E-state index contributed by atoms with van der Waals surface area (Å²) in [5.41, 5.74) is 0.810. The van der Waals surface area contributed by atoms with Gasteiger partial charge in [0.15, 0.2) is 0 Å². The molecule has 0 aliphatic heterocycles. The molecule has 2 amide bonds. The van der Waals surface area contributed by atoms with Gasteiger partial charge in [-0.25, -0.2) is 0 Å². The molecule has 0 spiro atoms. The Morgan fingerprint density at radius 2 is 1.76 bits per heavy atom. The minimum absolute atomic E-state index is 0.0328. The summed E-state index contributed by atoms with van der Waals surface area (Å²) in [6, 6.07) is 13.4. The first kappa shape index (κ1) is 20.0. The van der Waals surface area contributed by atoms with E-state index in [1.807, 2.05) is 0 Å². The smallest absolute Gasteiger partial charge is 0.387 e. The number of ether oxygens (including phenoxy) is 1. The Morgan fingerprint density at radius 1 is 1.03 bits per heavy atom. The summed E-state index contributed by atoms with van der Waals surface area (Å²) in [5.74, 6) is -1.13. The third-order valence-electron chi connectivity index (χ3n) is 4.04. The molecule has 2 aromatic carbocycles. The van der Waals surface area contributed by atoms with Crippen molar-refractivity contribution < 1.29 is 23.1 Å². The molecule has 0 saturated carbocycles. The molecule has 9 heteroatoms. The number of carbonyl (C=O) groups excluding carboxylic acids is 2. The number of hydrogen-bond acceptors (Lipinski definition) is 4. The van der Waals surface area contributed by atoms with Crippen LogP contribution in [-0.2, 0) is 4.79 Å². The number of nitrogens with one attached hydrogen (secondary N) is 2. The van der Waals surface area contributed by atoms with Crippen molar-refractivity contribution in [3.05, 3.63) is 72.6 Å². The van der Waals surface area contributed by atoms with Gasteiger partial charge in [-0.15, -0.1) is 0 Å². The van der Waals surface area contributed by atoms with Gasteiger partial charge >= 0.3 is 6.61 Å². The second-order valence-electron chi connectivity index (χ2n) is 6.06. The number of alkyl halides is 2. The fourth-order valence-electron chi connectivity index (χ4n) is 2.60. The highest BCUT2D eigenvalue weighted by molar-refractivity contribution is 6.06. The van der Waals surface area contributed by atoms with Crippen LogP contribution in [0.4, 0.5) is 20.2 Å². The Morgan fingerprint density at radius 3 is 2.45 bits per heavy atom. The number of nitrogens with zero attached hydrogens (tertiary/aromatic N) is 2. The molecule has 0 aliphatic rings. The predicted molar refractivity (Wildman–Crippen MR) is 103 cm³/mol. The maximum Gasteiger partial charge on any atom is 0.387 e. The highest BCUT2D eigenvalue weighted by Crippen LogP contribution is 2.23. The van der Waals surface area contributed by atoms with Gasteiger partial charge in [0.05, 0.1) is 5.56 Å². The molecular formula is C20H18F2N4O3. The molecule has 2 N–H and O–H groups in total. The van der Waals surface area contributed by atoms with E-state index in [4.69, 9.17) is 0 Å². The number of carbonyl (C=O) groups is 2. The van der Waals surface area contributed by atoms with Gasteiger partial charge in [-0.1, -0.05) is 18.2 Å². The van der Waals surface area contributed by atoms with Crippen molar-refractivity contribution in [3.8, 4) is 5.75 Å². The number of halogens is 2. The van der Waals surface area contributed by atoms with E-state index in [1.165, 1.54) is 22.9 Å². The molecule has 0 unspecified atom stereocenters. The number of aromatic nitrogens is 2. The first-order valence-corrected chi connectivity index (χ1v) is 8.69. The second-order valence-corrected chi connectivity index (χ2v) is 6.06. The number of benzene rings is 2. The molecule has 0 fully saturated rings. The van der Waals surface area contributed by atoms with Crippen molar-refractivity contribution in [1.82, 2.24) is 9.78 Å². The lowest BCUT2D eigenvalue weighted by Crippen LogP contribution is -2.24. The molecule has 1 atom stereocenters. The van der Waals surface area contributed by atoms with E-state index in [0.29, 0.717) is 11.4 Å². The van der Waals surface area contributed by atoms with Crippen molar-refractivity contribution in [1.29, 1.82) is 0 Å². The van der Waals surface area contributed by atoms with E-state index in [9.17, 15) is 18.4 Å². The number of rotatable bonds is 7. The lowest BCUT2D eigenvalue weighted by molar-refractivity contribution is -0.119. The van der Waals surface area contributed by atoms with E-state index in [1.54, 1.807) is 55.7 Å². The summed E-state index contributed by atoms with van der Waals surface area (Å²) in [6.07, 6.45) is 3.26. The minimum atomic E-state index is -3.04. The van der Waals surface area contributed by atoms with E-state index in [2.05, 4.69) is 20.5 Å². The Kier molecular flexibility index (Phi) is 6.18. The van der Waals surface area contributed by atoms with Gasteiger partial charge in [-0.2, -0.15) is 13.9 Å². The van der Waals surface area contributed by atoms with Crippen LogP contribution in [0, 0.1) is 0 Å². The van der Waals surface area contributed by atoms with Gasteiger partial charge in [0.2, 0.25) is 5.91 Å². The summed E-state index contributed by atoms with van der Waals surface area (Å²) in [5, 5.41) is 9.39. The molecule has 1 aromatic heterocycles. The minimum Gasteiger partial charge on any atom is -0.434 e. The fraction of sp³-hybridized carbons (Fsp3) is 0.150. The average molecular weight is 400 g/mol. The highest BCUT2D eigenvalue weighted by Gasteiger charge is 2.17. The Bertz CT molecular complexity index is 993. The third-order valence-corrected chi connectivity index (χ3v) is 4.04. The summed E-state index contributed by atoms with van der Waals surface area (Å²) < 4.78 is 31.0. The normalized spacial score (nSPS) is 11.7. The molecule has 3 aromatic rings. The number of para-hydroxylation sites is 1. The van der Waals surface area contributed by atoms with Gasteiger partial charge in [0.25, 0.3) is 5.91 Å². The summed E-state index contributed by atoms with van der Waals surface area (Å²) in [4.78, 5) is 24.8. The lowest BCUT2D eigenvalue weighted by Gasteiger charge is -2.14. The van der Waals surface area contributed by atoms with Gasteiger partial charge in [-0.05, 0) is 43.3 Å². The topological polar surface area (TPSA) is 85.3 Å². The highest BCUT2D eigenvalue weighted by atomic mass is 19.3. The molecule has 7 nitrogen and oxygen atoms in total. The monoisotopic (exact) mass is 400 g/mol. The molecule has 0 radical (unpaired) electrons. The van der Waals surface area contributed by atoms with Crippen LogP contribution in [-0.4, -0.2) is 28.2 Å². The van der Waals surface area contributed by atoms with Gasteiger partial charge in [0.1, 0.15) is 11.8 Å². The predicted octanol–water partition coefficient (Wildman–Crippen LogP) is 3.94. The van der Waals surface area contributed by atoms with Gasteiger partial charge < -0.3 is 15.4 Å². The molecule has 29 heavy (non-hydrogen) atoms. The summed E-state index contributed by atoms with van der Waals surface area (Å²) in [7, 11) is 0. The van der Waals surface area contributed by atoms with Gasteiger partial charge in [0, 0.05) is 23.8 Å². The average Bonchev–Trinajstić information content (AvgIpc) is 3.22. The van der Waals surface area contributed by atoms with E-state index in [0.717, 1.165) is 0 Å².